The van der Waals surface area contributed by atoms with Crippen molar-refractivity contribution in [2.24, 2.45) is 4.40 Å². The molecule has 0 bridgehead atoms. The number of hydrogen-bond donors (Lipinski definition) is 1. The van der Waals surface area contributed by atoms with Crippen molar-refractivity contribution in [3.05, 3.63) is 40.7 Å². The van der Waals surface area contributed by atoms with Crippen LogP contribution in [0.5, 0.6) is 0 Å². The van der Waals surface area contributed by atoms with Gasteiger partial charge in [0.25, 0.3) is 15.9 Å². The van der Waals surface area contributed by atoms with E-state index in [1.807, 2.05) is 0 Å². The van der Waals surface area contributed by atoms with Gasteiger partial charge in [0, 0.05) is 25.7 Å². The molecule has 0 aliphatic carbocycles. The third-order valence-electron chi connectivity index (χ3n) is 5.62. The van der Waals surface area contributed by atoms with Gasteiger partial charge in [-0.05, 0) is 25.3 Å². The zero-order chi connectivity index (χ0) is 21.1. The van der Waals surface area contributed by atoms with Crippen molar-refractivity contribution in [1.29, 1.82) is 0 Å². The quantitative estimate of drug-likeness (QED) is 0.742. The number of fused-ring (bicyclic) bond motifs is 1. The monoisotopic (exact) mass is 439 g/mol. The Morgan fingerprint density at radius 2 is 1.93 bits per heavy atom. The average Bonchev–Trinajstić information content (AvgIpc) is 3.03. The summed E-state index contributed by atoms with van der Waals surface area (Å²) in [5.74, 6) is -0.708. The lowest BCUT2D eigenvalue weighted by atomic mass is 9.99. The van der Waals surface area contributed by atoms with Crippen molar-refractivity contribution in [3.63, 3.8) is 0 Å². The molecule has 0 unspecified atom stereocenters. The summed E-state index contributed by atoms with van der Waals surface area (Å²) in [7, 11) is -6.08. The summed E-state index contributed by atoms with van der Waals surface area (Å²) < 4.78 is 55.4. The Hall–Kier alpha value is -2.24. The molecule has 0 radical (unpaired) electrons. The van der Waals surface area contributed by atoms with Crippen LogP contribution in [0, 0.1) is 0 Å². The van der Waals surface area contributed by atoms with Gasteiger partial charge >= 0.3 is 0 Å². The molecule has 11 heteroatoms. The summed E-state index contributed by atoms with van der Waals surface area (Å²) in [6.45, 7) is 1.87. The zero-order valence-corrected chi connectivity index (χ0v) is 17.6. The second kappa shape index (κ2) is 6.64. The van der Waals surface area contributed by atoms with E-state index in [1.165, 1.54) is 22.3 Å². The molecule has 156 valence electrons. The third kappa shape index (κ3) is 3.08. The smallest absolute Gasteiger partial charge is 0.283 e. The molecule has 1 amide bonds. The molecule has 0 saturated carbocycles. The summed E-state index contributed by atoms with van der Waals surface area (Å²) in [5.41, 5.74) is 0.278. The highest BCUT2D eigenvalue weighted by atomic mass is 32.2. The topological polar surface area (TPSA) is 124 Å². The second-order valence-corrected chi connectivity index (χ2v) is 11.0. The van der Waals surface area contributed by atoms with Gasteiger partial charge in [0.2, 0.25) is 10.0 Å². The minimum absolute atomic E-state index is 0.0377. The fourth-order valence-corrected chi connectivity index (χ4v) is 6.88. The van der Waals surface area contributed by atoms with Crippen molar-refractivity contribution in [2.45, 2.75) is 37.2 Å². The van der Waals surface area contributed by atoms with Crippen LogP contribution in [-0.4, -0.2) is 68.2 Å². The van der Waals surface area contributed by atoms with Gasteiger partial charge in [-0.3, -0.25) is 4.79 Å². The molecule has 1 saturated heterocycles. The molecule has 1 aromatic carbocycles. The van der Waals surface area contributed by atoms with Crippen LogP contribution in [0.15, 0.2) is 38.8 Å². The SMILES string of the molecule is C[C@H]1C(O)=C(C2=NS(=O)(=O)c3c(CN4CCCCS4(=O)=O)cccc32)C(=O)N1C. The number of sulfonamides is 2. The number of likely N-dealkylation sites (N-methyl/N-ethyl adjacent to an activating group) is 1. The molecule has 3 aliphatic rings. The zero-order valence-electron chi connectivity index (χ0n) is 16.0. The molecule has 4 rings (SSSR count). The maximum atomic E-state index is 12.8. The molecule has 3 aliphatic heterocycles. The predicted octanol–water partition coefficient (Wildman–Crippen LogP) is 0.776. The Kier molecular flexibility index (Phi) is 4.59. The molecule has 0 aromatic heterocycles. The second-order valence-electron chi connectivity index (χ2n) is 7.42. The maximum absolute atomic E-state index is 12.8. The number of hydrogen-bond acceptors (Lipinski definition) is 6. The first-order valence-electron chi connectivity index (χ1n) is 9.20. The lowest BCUT2D eigenvalue weighted by Crippen LogP contribution is -2.37. The van der Waals surface area contributed by atoms with E-state index < -0.39 is 32.0 Å². The molecule has 1 atom stereocenters. The highest BCUT2D eigenvalue weighted by molar-refractivity contribution is 7.91. The Morgan fingerprint density at radius 1 is 1.21 bits per heavy atom. The minimum atomic E-state index is -4.14. The summed E-state index contributed by atoms with van der Waals surface area (Å²) in [6, 6.07) is 4.08. The van der Waals surface area contributed by atoms with Gasteiger partial charge in [-0.25, -0.2) is 8.42 Å². The molecule has 1 N–H and O–H groups in total. The highest BCUT2D eigenvalue weighted by Gasteiger charge is 2.43. The molecule has 1 fully saturated rings. The van der Waals surface area contributed by atoms with Crippen LogP contribution in [-0.2, 0) is 31.4 Å². The third-order valence-corrected chi connectivity index (χ3v) is 8.95. The van der Waals surface area contributed by atoms with Crippen LogP contribution in [0.1, 0.15) is 30.9 Å². The lowest BCUT2D eigenvalue weighted by Gasteiger charge is -2.26. The minimum Gasteiger partial charge on any atom is -0.509 e. The van der Waals surface area contributed by atoms with Crippen LogP contribution in [0.2, 0.25) is 0 Å². The van der Waals surface area contributed by atoms with Gasteiger partial charge in [0.15, 0.2) is 0 Å². The summed E-state index contributed by atoms with van der Waals surface area (Å²) in [5, 5.41) is 10.4. The number of carbonyl (C=O) groups excluding carboxylic acids is 1. The van der Waals surface area contributed by atoms with E-state index in [4.69, 9.17) is 0 Å². The number of aliphatic hydroxyl groups is 1. The Balaban J connectivity index is 1.81. The highest BCUT2D eigenvalue weighted by Crippen LogP contribution is 2.36. The largest absolute Gasteiger partial charge is 0.509 e. The van der Waals surface area contributed by atoms with E-state index in [0.29, 0.717) is 24.9 Å². The van der Waals surface area contributed by atoms with Crippen molar-refractivity contribution in [3.8, 4) is 0 Å². The van der Waals surface area contributed by atoms with Crippen LogP contribution in [0.25, 0.3) is 0 Å². The summed E-state index contributed by atoms with van der Waals surface area (Å²) >= 11 is 0. The van der Waals surface area contributed by atoms with E-state index in [2.05, 4.69) is 4.40 Å². The van der Waals surface area contributed by atoms with E-state index in [1.54, 1.807) is 19.1 Å². The van der Waals surface area contributed by atoms with E-state index in [-0.39, 0.29) is 39.8 Å². The fourth-order valence-electron chi connectivity index (χ4n) is 3.88. The maximum Gasteiger partial charge on any atom is 0.283 e. The van der Waals surface area contributed by atoms with Crippen LogP contribution in [0.4, 0.5) is 0 Å². The van der Waals surface area contributed by atoms with Crippen LogP contribution in [0.3, 0.4) is 0 Å². The number of carbonyl (C=O) groups is 1. The standard InChI is InChI=1S/C18H21N3O6S2/c1-11-16(22)14(18(23)20(11)2)15-13-7-5-6-12(17(13)29(26,27)19-15)10-21-8-3-4-9-28(21,24)25/h5-7,11,22H,3-4,8-10H2,1-2H3/t11-/m0/s1. The van der Waals surface area contributed by atoms with Crippen molar-refractivity contribution >= 4 is 31.7 Å². The molecule has 1 aromatic rings. The molecule has 9 nitrogen and oxygen atoms in total. The summed E-state index contributed by atoms with van der Waals surface area (Å²) in [4.78, 5) is 13.8. The first-order chi connectivity index (χ1) is 13.5. The van der Waals surface area contributed by atoms with Crippen molar-refractivity contribution in [1.82, 2.24) is 9.21 Å². The van der Waals surface area contributed by atoms with Gasteiger partial charge in [-0.1, -0.05) is 18.2 Å². The van der Waals surface area contributed by atoms with Crippen molar-refractivity contribution < 1.29 is 26.7 Å². The van der Waals surface area contributed by atoms with E-state index in [9.17, 15) is 26.7 Å². The fraction of sp³-hybridized carbons (Fsp3) is 0.444. The summed E-state index contributed by atoms with van der Waals surface area (Å²) in [6.07, 6.45) is 1.29. The Bertz CT molecular complexity index is 1180. The normalized spacial score (nSPS) is 26.0. The Labute approximate surface area is 169 Å². The van der Waals surface area contributed by atoms with Gasteiger partial charge < -0.3 is 10.0 Å². The molecular formula is C18H21N3O6S2. The number of benzene rings is 1. The van der Waals surface area contributed by atoms with E-state index in [0.717, 1.165) is 0 Å². The molecule has 3 heterocycles. The van der Waals surface area contributed by atoms with E-state index >= 15 is 0 Å². The first kappa shape index (κ1) is 20.0. The first-order valence-corrected chi connectivity index (χ1v) is 12.3. The number of amides is 1. The predicted molar refractivity (Wildman–Crippen MR) is 105 cm³/mol. The lowest BCUT2D eigenvalue weighted by molar-refractivity contribution is -0.125. The average molecular weight is 440 g/mol. The Morgan fingerprint density at radius 3 is 2.55 bits per heavy atom. The number of nitrogens with zero attached hydrogens (tertiary/aromatic N) is 3. The van der Waals surface area contributed by atoms with Gasteiger partial charge in [0.1, 0.15) is 21.9 Å². The van der Waals surface area contributed by atoms with Gasteiger partial charge in [-0.15, -0.1) is 0 Å². The molecular weight excluding hydrogens is 418 g/mol. The number of rotatable bonds is 3. The molecule has 0 spiro atoms. The van der Waals surface area contributed by atoms with Crippen LogP contribution < -0.4 is 0 Å². The number of aliphatic hydroxyl groups excluding tert-OH is 1. The van der Waals surface area contributed by atoms with Crippen molar-refractivity contribution in [2.75, 3.05) is 19.3 Å². The van der Waals surface area contributed by atoms with Gasteiger partial charge in [0.05, 0.1) is 11.8 Å². The molecule has 29 heavy (non-hydrogen) atoms. The van der Waals surface area contributed by atoms with Gasteiger partial charge in [-0.2, -0.15) is 17.1 Å². The van der Waals surface area contributed by atoms with Crippen LogP contribution >= 0.6 is 0 Å².